The van der Waals surface area contributed by atoms with Gasteiger partial charge in [0.2, 0.25) is 0 Å². The second-order valence-electron chi connectivity index (χ2n) is 19.1. The van der Waals surface area contributed by atoms with E-state index < -0.39 is 18.1 Å². The first-order valence-electron chi connectivity index (χ1n) is 22.6. The topological polar surface area (TPSA) is 102 Å². The maximum absolute atomic E-state index is 11.9. The van der Waals surface area contributed by atoms with Crippen molar-refractivity contribution in [1.82, 2.24) is 5.32 Å². The fraction of sp³-hybridized carbons (Fsp3) is 0.854. The number of hydrogen-bond acceptors (Lipinski definition) is 6. The molecular formula is C48H92ClNO6Si2. The van der Waals surface area contributed by atoms with Gasteiger partial charge in [-0.15, -0.1) is 11.6 Å². The van der Waals surface area contributed by atoms with Crippen LogP contribution in [0.3, 0.4) is 0 Å². The second-order valence-corrected chi connectivity index (χ2v) is 22.2. The van der Waals surface area contributed by atoms with E-state index in [9.17, 15) is 9.59 Å². The fourth-order valence-corrected chi connectivity index (χ4v) is 10.3. The van der Waals surface area contributed by atoms with Gasteiger partial charge in [-0.1, -0.05) is 143 Å². The first kappa shape index (κ1) is 59.0. The molecule has 0 aliphatic rings. The van der Waals surface area contributed by atoms with Crippen LogP contribution >= 0.6 is 11.6 Å². The lowest BCUT2D eigenvalue weighted by atomic mass is 9.62. The van der Waals surface area contributed by atoms with Crippen molar-refractivity contribution in [1.29, 1.82) is 0 Å². The van der Waals surface area contributed by atoms with Crippen molar-refractivity contribution in [2.45, 2.75) is 149 Å². The fourth-order valence-electron chi connectivity index (χ4n) is 8.89. The molecule has 340 valence electrons. The van der Waals surface area contributed by atoms with Crippen LogP contribution in [-0.2, 0) is 23.7 Å². The molecule has 15 atom stereocenters. The Morgan fingerprint density at radius 1 is 0.621 bits per heavy atom. The molecule has 0 aliphatic carbocycles. The van der Waals surface area contributed by atoms with Crippen molar-refractivity contribution in [3.63, 3.8) is 0 Å². The smallest absolute Gasteiger partial charge is 0.390 e. The van der Waals surface area contributed by atoms with E-state index in [0.29, 0.717) is 30.5 Å². The molecule has 1 rings (SSSR count). The number of nitrogens with one attached hydrogen (secondary N) is 1. The lowest BCUT2D eigenvalue weighted by molar-refractivity contribution is 0.0546. The zero-order valence-corrected chi connectivity index (χ0v) is 43.7. The average Bonchev–Trinajstić information content (AvgIpc) is 3.23. The van der Waals surface area contributed by atoms with Gasteiger partial charge in [-0.3, -0.25) is 13.7 Å². The standard InChI is InChI=1S/C35H72.C13H20ClNO4Si.O2Si/c1-19-21(4)23(6)25(8)27(10)29(12)31(14)33(16)35(18)34(17)32(15)30(13)28(11)26(9)24(7)22(5)20(2)3;1-18-20(17,19-2)9-3-8-15-13(16)12-6-4-11(10-14)5-7-12;1-3-2/h20-35H,19H2,1-18H3;4-7,17H,3,8-10H2,1-2H3,(H,15,16);. The molecular weight excluding hydrogens is 778 g/mol. The second kappa shape index (κ2) is 30.0. The summed E-state index contributed by atoms with van der Waals surface area (Å²) in [6, 6.07) is 7.53. The highest BCUT2D eigenvalue weighted by molar-refractivity contribution is 6.59. The number of rotatable bonds is 24. The third-order valence-electron chi connectivity index (χ3n) is 16.3. The van der Waals surface area contributed by atoms with Crippen LogP contribution < -0.4 is 5.32 Å². The van der Waals surface area contributed by atoms with Gasteiger partial charge in [0.05, 0.1) is 0 Å². The Hall–Kier alpha value is -1.11. The van der Waals surface area contributed by atoms with Gasteiger partial charge in [0.15, 0.2) is 0 Å². The Bertz CT molecular complexity index is 1260. The molecule has 15 unspecified atom stereocenters. The van der Waals surface area contributed by atoms with E-state index in [4.69, 9.17) is 29.4 Å². The molecule has 0 saturated carbocycles. The quantitative estimate of drug-likeness (QED) is 0.0609. The third-order valence-corrected chi connectivity index (χ3v) is 18.9. The third kappa shape index (κ3) is 19.3. The van der Waals surface area contributed by atoms with Crippen LogP contribution in [0.4, 0.5) is 0 Å². The van der Waals surface area contributed by atoms with Crippen molar-refractivity contribution in [2.24, 2.45) is 94.7 Å². The summed E-state index contributed by atoms with van der Waals surface area (Å²) in [5.74, 6) is 12.7. The molecule has 0 saturated heterocycles. The predicted octanol–water partition coefficient (Wildman–Crippen LogP) is 12.7. The van der Waals surface area contributed by atoms with Gasteiger partial charge in [-0.2, -0.15) is 0 Å². The summed E-state index contributed by atoms with van der Waals surface area (Å²) in [5.41, 5.74) is 1.56. The highest BCUT2D eigenvalue weighted by Gasteiger charge is 2.38. The normalized spacial score (nSPS) is 19.6. The Kier molecular flexibility index (Phi) is 30.5. The molecule has 0 aliphatic heterocycles. The van der Waals surface area contributed by atoms with Gasteiger partial charge in [0.25, 0.3) is 5.91 Å². The summed E-state index contributed by atoms with van der Waals surface area (Å²) in [6.45, 7) is 45.6. The molecule has 58 heavy (non-hydrogen) atoms. The minimum atomic E-state index is -3.03. The highest BCUT2D eigenvalue weighted by atomic mass is 35.5. The Morgan fingerprint density at radius 2 is 0.931 bits per heavy atom. The maximum atomic E-state index is 11.9. The molecule has 0 spiro atoms. The lowest BCUT2D eigenvalue weighted by Crippen LogP contribution is -2.40. The minimum Gasteiger partial charge on any atom is -0.390 e. The molecule has 2 N–H and O–H groups in total. The first-order chi connectivity index (χ1) is 26.9. The zero-order chi connectivity index (χ0) is 45.7. The number of amides is 1. The van der Waals surface area contributed by atoms with E-state index in [-0.39, 0.29) is 5.91 Å². The van der Waals surface area contributed by atoms with Gasteiger partial charge in [-0.25, -0.2) is 0 Å². The SMILES string of the molecule is CCC(C)C(C)C(C)C(C)C(C)C(C)C(C)C(C)C(C)C(C)C(C)C(C)C(C)C(C)C(C)C(C)C.CO[Si](O)(CCCNC(=O)c1ccc(CCl)cc1)OC.O=[Si]=O. The summed E-state index contributed by atoms with van der Waals surface area (Å²) in [7, 11) is -1.60. The van der Waals surface area contributed by atoms with Gasteiger partial charge >= 0.3 is 18.1 Å². The van der Waals surface area contributed by atoms with E-state index in [1.807, 2.05) is 12.1 Å². The number of benzene rings is 1. The van der Waals surface area contributed by atoms with Gasteiger partial charge in [-0.05, 0) is 119 Å². The number of alkyl halides is 1. The maximum Gasteiger partial charge on any atom is 0.549 e. The van der Waals surface area contributed by atoms with Crippen LogP contribution in [0.5, 0.6) is 0 Å². The number of carbonyl (C=O) groups excluding carboxylic acids is 1. The van der Waals surface area contributed by atoms with Crippen molar-refractivity contribution < 1.29 is 27.4 Å². The summed E-state index contributed by atoms with van der Waals surface area (Å²) in [4.78, 5) is 21.7. The van der Waals surface area contributed by atoms with Gasteiger partial charge < -0.3 is 19.0 Å². The number of halogens is 1. The van der Waals surface area contributed by atoms with Crippen molar-refractivity contribution in [2.75, 3.05) is 20.8 Å². The van der Waals surface area contributed by atoms with E-state index in [0.717, 1.165) is 100 Å². The Labute approximate surface area is 367 Å². The molecule has 0 fully saturated rings. The number of hydrogen-bond donors (Lipinski definition) is 2. The predicted molar refractivity (Wildman–Crippen MR) is 249 cm³/mol. The van der Waals surface area contributed by atoms with Crippen LogP contribution in [0.1, 0.15) is 153 Å². The number of carbonyl (C=O) groups is 1. The van der Waals surface area contributed by atoms with Crippen LogP contribution in [-0.4, -0.2) is 49.6 Å². The first-order valence-corrected chi connectivity index (χ1v) is 26.0. The summed E-state index contributed by atoms with van der Waals surface area (Å²) in [5, 5.41) is 2.79. The van der Waals surface area contributed by atoms with E-state index in [2.05, 4.69) is 130 Å². The largest absolute Gasteiger partial charge is 0.549 e. The molecule has 1 aromatic carbocycles. The van der Waals surface area contributed by atoms with E-state index in [1.165, 1.54) is 20.6 Å². The van der Waals surface area contributed by atoms with E-state index in [1.54, 1.807) is 12.1 Å². The zero-order valence-electron chi connectivity index (χ0n) is 40.9. The van der Waals surface area contributed by atoms with Crippen molar-refractivity contribution in [3.05, 3.63) is 35.4 Å². The van der Waals surface area contributed by atoms with Crippen molar-refractivity contribution in [3.8, 4) is 0 Å². The van der Waals surface area contributed by atoms with Crippen LogP contribution in [0.15, 0.2) is 24.3 Å². The van der Waals surface area contributed by atoms with Gasteiger partial charge in [0, 0.05) is 38.3 Å². The molecule has 0 bridgehead atoms. The average molecular weight is 871 g/mol. The van der Waals surface area contributed by atoms with Crippen LogP contribution in [0.2, 0.25) is 6.04 Å². The van der Waals surface area contributed by atoms with Crippen molar-refractivity contribution >= 4 is 35.6 Å². The molecule has 0 aromatic heterocycles. The molecule has 10 heteroatoms. The van der Waals surface area contributed by atoms with Gasteiger partial charge in [0.1, 0.15) is 0 Å². The van der Waals surface area contributed by atoms with Crippen LogP contribution in [0, 0.1) is 94.7 Å². The van der Waals surface area contributed by atoms with E-state index >= 15 is 0 Å². The summed E-state index contributed by atoms with van der Waals surface area (Å²) >= 11 is 5.69. The molecule has 0 radical (unpaired) electrons. The molecule has 0 heterocycles. The summed E-state index contributed by atoms with van der Waals surface area (Å²) in [6.07, 6.45) is 1.89. The van der Waals surface area contributed by atoms with Crippen LogP contribution in [0.25, 0.3) is 0 Å². The Balaban J connectivity index is 0. The Morgan fingerprint density at radius 3 is 1.21 bits per heavy atom. The molecule has 1 amide bonds. The minimum absolute atomic E-state index is 0.147. The highest BCUT2D eigenvalue weighted by Crippen LogP contribution is 2.44. The molecule has 1 aromatic rings. The molecule has 7 nitrogen and oxygen atoms in total. The lowest BCUT2D eigenvalue weighted by Gasteiger charge is -2.43. The monoisotopic (exact) mass is 870 g/mol. The summed E-state index contributed by atoms with van der Waals surface area (Å²) < 4.78 is 26.7.